The second-order valence-corrected chi connectivity index (χ2v) is 5.49. The van der Waals surface area contributed by atoms with Crippen molar-refractivity contribution >= 4 is 17.3 Å². The van der Waals surface area contributed by atoms with Crippen molar-refractivity contribution in [2.24, 2.45) is 5.73 Å². The van der Waals surface area contributed by atoms with E-state index in [0.29, 0.717) is 17.3 Å². The van der Waals surface area contributed by atoms with Crippen LogP contribution in [0.15, 0.2) is 18.2 Å². The molecule has 19 heavy (non-hydrogen) atoms. The molecule has 0 spiro atoms. The molecule has 2 aliphatic rings. The SMILES string of the molecule is NC(=O)c1cccc(NC2CCN(C3CC3)C2)c1N. The smallest absolute Gasteiger partial charge is 0.250 e. The normalized spacial score (nSPS) is 23.5. The molecular formula is C14H20N4O. The number of anilines is 2. The van der Waals surface area contributed by atoms with Gasteiger partial charge in [0.2, 0.25) is 0 Å². The molecule has 3 rings (SSSR count). The Morgan fingerprint density at radius 1 is 1.32 bits per heavy atom. The number of nitrogens with one attached hydrogen (secondary N) is 1. The highest BCUT2D eigenvalue weighted by molar-refractivity contribution is 6.00. The quantitative estimate of drug-likeness (QED) is 0.706. The summed E-state index contributed by atoms with van der Waals surface area (Å²) in [7, 11) is 0. The van der Waals surface area contributed by atoms with Gasteiger partial charge in [-0.05, 0) is 31.4 Å². The first kappa shape index (κ1) is 12.3. The lowest BCUT2D eigenvalue weighted by molar-refractivity contribution is 0.100. The second kappa shape index (κ2) is 4.74. The minimum absolute atomic E-state index is 0.391. The zero-order chi connectivity index (χ0) is 13.4. The molecule has 5 nitrogen and oxygen atoms in total. The fourth-order valence-electron chi connectivity index (χ4n) is 2.80. The molecule has 1 unspecified atom stereocenters. The van der Waals surface area contributed by atoms with Crippen molar-refractivity contribution in [3.8, 4) is 0 Å². The molecule has 1 saturated heterocycles. The Labute approximate surface area is 112 Å². The number of likely N-dealkylation sites (tertiary alicyclic amines) is 1. The zero-order valence-corrected chi connectivity index (χ0v) is 10.9. The molecule has 1 saturated carbocycles. The Morgan fingerprint density at radius 3 is 2.79 bits per heavy atom. The highest BCUT2D eigenvalue weighted by atomic mass is 16.1. The number of hydrogen-bond donors (Lipinski definition) is 3. The van der Waals surface area contributed by atoms with Crippen molar-refractivity contribution in [2.45, 2.75) is 31.3 Å². The van der Waals surface area contributed by atoms with Gasteiger partial charge in [-0.1, -0.05) is 6.07 Å². The summed E-state index contributed by atoms with van der Waals surface area (Å²) in [5, 5.41) is 3.44. The maximum Gasteiger partial charge on any atom is 0.250 e. The minimum Gasteiger partial charge on any atom is -0.396 e. The fourth-order valence-corrected chi connectivity index (χ4v) is 2.80. The average Bonchev–Trinajstić information content (AvgIpc) is 3.12. The van der Waals surface area contributed by atoms with Crippen LogP contribution in [0.5, 0.6) is 0 Å². The van der Waals surface area contributed by atoms with E-state index in [4.69, 9.17) is 11.5 Å². The lowest BCUT2D eigenvalue weighted by Crippen LogP contribution is -2.28. The van der Waals surface area contributed by atoms with E-state index in [0.717, 1.165) is 31.2 Å². The molecule has 5 N–H and O–H groups in total. The third-order valence-electron chi connectivity index (χ3n) is 4.01. The van der Waals surface area contributed by atoms with E-state index < -0.39 is 5.91 Å². The van der Waals surface area contributed by atoms with E-state index in [1.807, 2.05) is 12.1 Å². The highest BCUT2D eigenvalue weighted by Gasteiger charge is 2.34. The van der Waals surface area contributed by atoms with Crippen molar-refractivity contribution < 1.29 is 4.79 Å². The molecule has 0 bridgehead atoms. The first-order valence-electron chi connectivity index (χ1n) is 6.84. The van der Waals surface area contributed by atoms with Crippen molar-refractivity contribution in [1.29, 1.82) is 0 Å². The van der Waals surface area contributed by atoms with Crippen LogP contribution in [0.4, 0.5) is 11.4 Å². The number of para-hydroxylation sites is 1. The van der Waals surface area contributed by atoms with Gasteiger partial charge in [0.1, 0.15) is 0 Å². The van der Waals surface area contributed by atoms with Gasteiger partial charge in [0.15, 0.2) is 0 Å². The highest BCUT2D eigenvalue weighted by Crippen LogP contribution is 2.31. The number of rotatable bonds is 4. The molecule has 5 heteroatoms. The van der Waals surface area contributed by atoms with E-state index in [-0.39, 0.29) is 0 Å². The maximum atomic E-state index is 11.3. The van der Waals surface area contributed by atoms with Gasteiger partial charge in [0, 0.05) is 25.2 Å². The summed E-state index contributed by atoms with van der Waals surface area (Å²) < 4.78 is 0. The largest absolute Gasteiger partial charge is 0.396 e. The van der Waals surface area contributed by atoms with Crippen LogP contribution in [-0.4, -0.2) is 36.0 Å². The number of nitrogens with two attached hydrogens (primary N) is 2. The second-order valence-electron chi connectivity index (χ2n) is 5.49. The summed E-state index contributed by atoms with van der Waals surface area (Å²) in [5.74, 6) is -0.479. The van der Waals surface area contributed by atoms with E-state index in [1.165, 1.54) is 12.8 Å². The predicted octanol–water partition coefficient (Wildman–Crippen LogP) is 1.02. The standard InChI is InChI=1S/C14H20N4O/c15-13-11(14(16)19)2-1-3-12(13)17-9-6-7-18(8-9)10-4-5-10/h1-3,9-10,17H,4-8,15H2,(H2,16,19). The van der Waals surface area contributed by atoms with Crippen LogP contribution in [0, 0.1) is 0 Å². The third kappa shape index (κ3) is 2.51. The molecule has 1 aromatic rings. The molecule has 1 heterocycles. The Bertz CT molecular complexity index is 498. The zero-order valence-electron chi connectivity index (χ0n) is 10.9. The summed E-state index contributed by atoms with van der Waals surface area (Å²) in [6.45, 7) is 2.21. The number of amides is 1. The lowest BCUT2D eigenvalue weighted by atomic mass is 10.1. The van der Waals surface area contributed by atoms with E-state index >= 15 is 0 Å². The van der Waals surface area contributed by atoms with Crippen molar-refractivity contribution in [2.75, 3.05) is 24.1 Å². The molecule has 1 amide bonds. The van der Waals surface area contributed by atoms with Crippen LogP contribution in [0.1, 0.15) is 29.6 Å². The summed E-state index contributed by atoms with van der Waals surface area (Å²) in [5.41, 5.74) is 13.0. The third-order valence-corrected chi connectivity index (χ3v) is 4.01. The molecule has 102 valence electrons. The average molecular weight is 260 g/mol. The molecule has 0 aromatic heterocycles. The minimum atomic E-state index is -0.479. The van der Waals surface area contributed by atoms with Gasteiger partial charge in [-0.25, -0.2) is 0 Å². The number of nitrogen functional groups attached to an aromatic ring is 1. The molecule has 1 aliphatic heterocycles. The van der Waals surface area contributed by atoms with E-state index in [9.17, 15) is 4.79 Å². The first-order valence-corrected chi connectivity index (χ1v) is 6.84. The fraction of sp³-hybridized carbons (Fsp3) is 0.500. The topological polar surface area (TPSA) is 84.4 Å². The van der Waals surface area contributed by atoms with Gasteiger partial charge >= 0.3 is 0 Å². The summed E-state index contributed by atoms with van der Waals surface area (Å²) >= 11 is 0. The molecule has 2 fully saturated rings. The van der Waals surface area contributed by atoms with Crippen LogP contribution in [0.2, 0.25) is 0 Å². The monoisotopic (exact) mass is 260 g/mol. The number of primary amides is 1. The number of carbonyl (C=O) groups is 1. The number of hydrogen-bond acceptors (Lipinski definition) is 4. The van der Waals surface area contributed by atoms with Crippen LogP contribution in [-0.2, 0) is 0 Å². The number of carbonyl (C=O) groups excluding carboxylic acids is 1. The Morgan fingerprint density at radius 2 is 2.11 bits per heavy atom. The lowest BCUT2D eigenvalue weighted by Gasteiger charge is -2.18. The van der Waals surface area contributed by atoms with Gasteiger partial charge in [-0.2, -0.15) is 0 Å². The predicted molar refractivity (Wildman–Crippen MR) is 76.0 cm³/mol. The van der Waals surface area contributed by atoms with Gasteiger partial charge in [-0.3, -0.25) is 9.69 Å². The van der Waals surface area contributed by atoms with Crippen LogP contribution in [0.25, 0.3) is 0 Å². The van der Waals surface area contributed by atoms with E-state index in [1.54, 1.807) is 6.07 Å². The first-order chi connectivity index (χ1) is 9.15. The summed E-state index contributed by atoms with van der Waals surface area (Å²) in [4.78, 5) is 13.8. The van der Waals surface area contributed by atoms with Crippen LogP contribution >= 0.6 is 0 Å². The van der Waals surface area contributed by atoms with Crippen molar-refractivity contribution in [3.63, 3.8) is 0 Å². The van der Waals surface area contributed by atoms with E-state index in [2.05, 4.69) is 10.2 Å². The molecule has 1 atom stereocenters. The van der Waals surface area contributed by atoms with Crippen LogP contribution < -0.4 is 16.8 Å². The number of nitrogens with zero attached hydrogens (tertiary/aromatic N) is 1. The Kier molecular flexibility index (Phi) is 3.06. The summed E-state index contributed by atoms with van der Waals surface area (Å²) in [6, 6.07) is 6.59. The van der Waals surface area contributed by atoms with Gasteiger partial charge in [0.05, 0.1) is 16.9 Å². The molecule has 0 radical (unpaired) electrons. The van der Waals surface area contributed by atoms with Gasteiger partial charge in [-0.15, -0.1) is 0 Å². The molecule has 1 aliphatic carbocycles. The van der Waals surface area contributed by atoms with Gasteiger partial charge < -0.3 is 16.8 Å². The maximum absolute atomic E-state index is 11.3. The van der Waals surface area contributed by atoms with Gasteiger partial charge in [0.25, 0.3) is 5.91 Å². The number of benzene rings is 1. The van der Waals surface area contributed by atoms with Crippen molar-refractivity contribution in [1.82, 2.24) is 4.90 Å². The molecular weight excluding hydrogens is 240 g/mol. The summed E-state index contributed by atoms with van der Waals surface area (Å²) in [6.07, 6.45) is 3.80. The molecule has 1 aromatic carbocycles. The van der Waals surface area contributed by atoms with Crippen LogP contribution in [0.3, 0.4) is 0 Å². The Hall–Kier alpha value is -1.75. The Balaban J connectivity index is 1.69. The van der Waals surface area contributed by atoms with Crippen molar-refractivity contribution in [3.05, 3.63) is 23.8 Å².